The number of halogens is 1. The van der Waals surface area contributed by atoms with Gasteiger partial charge in [0.25, 0.3) is 0 Å². The zero-order chi connectivity index (χ0) is 14.4. The minimum Gasteiger partial charge on any atom is -0.356 e. The summed E-state index contributed by atoms with van der Waals surface area (Å²) >= 11 is 1.62. The smallest absolute Gasteiger partial charge is 0.220 e. The van der Waals surface area contributed by atoms with Gasteiger partial charge in [-0.3, -0.25) is 4.79 Å². The summed E-state index contributed by atoms with van der Waals surface area (Å²) in [6.07, 6.45) is 1.80. The molecule has 0 saturated heterocycles. The highest BCUT2D eigenvalue weighted by atomic mass is 32.1. The van der Waals surface area contributed by atoms with Gasteiger partial charge in [-0.1, -0.05) is 12.1 Å². The van der Waals surface area contributed by atoms with Crippen LogP contribution in [0.1, 0.15) is 22.7 Å². The predicted molar refractivity (Wildman–Crippen MR) is 78.3 cm³/mol. The molecule has 1 amide bonds. The molecule has 1 heterocycles. The molecule has 5 heteroatoms. The van der Waals surface area contributed by atoms with E-state index in [0.717, 1.165) is 22.7 Å². The summed E-state index contributed by atoms with van der Waals surface area (Å²) in [5, 5.41) is 5.93. The lowest BCUT2D eigenvalue weighted by Gasteiger charge is -2.04. The Hall–Kier alpha value is -1.75. The Morgan fingerprint density at radius 3 is 2.70 bits per heavy atom. The SMILES string of the molecule is Cc1nc(CCNC(=O)CCc2ccc(F)cc2)cs1. The van der Waals surface area contributed by atoms with Crippen molar-refractivity contribution in [1.82, 2.24) is 10.3 Å². The number of carbonyl (C=O) groups excluding carboxylic acids is 1. The molecule has 1 N–H and O–H groups in total. The molecule has 0 fully saturated rings. The van der Waals surface area contributed by atoms with Crippen molar-refractivity contribution in [2.45, 2.75) is 26.2 Å². The summed E-state index contributed by atoms with van der Waals surface area (Å²) in [4.78, 5) is 16.0. The fraction of sp³-hybridized carbons (Fsp3) is 0.333. The molecule has 0 atom stereocenters. The minimum absolute atomic E-state index is 0.0151. The summed E-state index contributed by atoms with van der Waals surface area (Å²) in [7, 11) is 0. The van der Waals surface area contributed by atoms with Crippen LogP contribution in [0.3, 0.4) is 0 Å². The lowest BCUT2D eigenvalue weighted by Crippen LogP contribution is -2.25. The number of benzene rings is 1. The lowest BCUT2D eigenvalue weighted by molar-refractivity contribution is -0.121. The Bertz CT molecular complexity index is 566. The number of aromatic nitrogens is 1. The predicted octanol–water partition coefficient (Wildman–Crippen LogP) is 2.88. The molecule has 2 rings (SSSR count). The number of amides is 1. The van der Waals surface area contributed by atoms with E-state index in [1.165, 1.54) is 12.1 Å². The number of aryl methyl sites for hydroxylation is 2. The zero-order valence-electron chi connectivity index (χ0n) is 11.4. The van der Waals surface area contributed by atoms with Crippen LogP contribution < -0.4 is 5.32 Å². The van der Waals surface area contributed by atoms with Crippen molar-refractivity contribution in [1.29, 1.82) is 0 Å². The van der Waals surface area contributed by atoms with Crippen LogP contribution in [-0.2, 0) is 17.6 Å². The molecule has 0 saturated carbocycles. The summed E-state index contributed by atoms with van der Waals surface area (Å²) in [6, 6.07) is 6.25. The average Bonchev–Trinajstić information content (AvgIpc) is 2.84. The first-order valence-corrected chi connectivity index (χ1v) is 7.43. The number of hydrogen-bond acceptors (Lipinski definition) is 3. The number of nitrogens with one attached hydrogen (secondary N) is 1. The highest BCUT2D eigenvalue weighted by Gasteiger charge is 2.03. The fourth-order valence-corrected chi connectivity index (χ4v) is 2.50. The first-order chi connectivity index (χ1) is 9.63. The van der Waals surface area contributed by atoms with E-state index < -0.39 is 0 Å². The van der Waals surface area contributed by atoms with E-state index >= 15 is 0 Å². The average molecular weight is 292 g/mol. The van der Waals surface area contributed by atoms with Crippen LogP contribution in [0.15, 0.2) is 29.6 Å². The highest BCUT2D eigenvalue weighted by Crippen LogP contribution is 2.08. The molecule has 1 aromatic carbocycles. The molecule has 0 radical (unpaired) electrons. The van der Waals surface area contributed by atoms with Gasteiger partial charge in [0.2, 0.25) is 5.91 Å². The van der Waals surface area contributed by atoms with E-state index in [0.29, 0.717) is 19.4 Å². The van der Waals surface area contributed by atoms with Crippen molar-refractivity contribution >= 4 is 17.2 Å². The van der Waals surface area contributed by atoms with Gasteiger partial charge >= 0.3 is 0 Å². The van der Waals surface area contributed by atoms with Crippen LogP contribution >= 0.6 is 11.3 Å². The molecular weight excluding hydrogens is 275 g/mol. The third kappa shape index (κ3) is 4.74. The largest absolute Gasteiger partial charge is 0.356 e. The molecule has 1 aromatic heterocycles. The number of nitrogens with zero attached hydrogens (tertiary/aromatic N) is 1. The maximum absolute atomic E-state index is 12.7. The van der Waals surface area contributed by atoms with Gasteiger partial charge in [0.1, 0.15) is 5.82 Å². The van der Waals surface area contributed by atoms with Crippen LogP contribution in [-0.4, -0.2) is 17.4 Å². The maximum atomic E-state index is 12.7. The van der Waals surface area contributed by atoms with Crippen molar-refractivity contribution in [2.24, 2.45) is 0 Å². The lowest BCUT2D eigenvalue weighted by atomic mass is 10.1. The second-order valence-corrected chi connectivity index (χ2v) is 5.65. The third-order valence-electron chi connectivity index (χ3n) is 2.92. The van der Waals surface area contributed by atoms with Crippen molar-refractivity contribution in [3.63, 3.8) is 0 Å². The van der Waals surface area contributed by atoms with Crippen LogP contribution in [0.2, 0.25) is 0 Å². The third-order valence-corrected chi connectivity index (χ3v) is 3.75. The monoisotopic (exact) mass is 292 g/mol. The first-order valence-electron chi connectivity index (χ1n) is 6.55. The molecule has 0 aliphatic heterocycles. The van der Waals surface area contributed by atoms with E-state index in [1.807, 2.05) is 12.3 Å². The van der Waals surface area contributed by atoms with E-state index in [9.17, 15) is 9.18 Å². The summed E-state index contributed by atoms with van der Waals surface area (Å²) < 4.78 is 12.7. The van der Waals surface area contributed by atoms with Crippen LogP contribution in [0, 0.1) is 12.7 Å². The Balaban J connectivity index is 1.66. The molecule has 2 aromatic rings. The summed E-state index contributed by atoms with van der Waals surface area (Å²) in [5.74, 6) is -0.238. The molecule has 3 nitrogen and oxygen atoms in total. The van der Waals surface area contributed by atoms with E-state index in [1.54, 1.807) is 23.5 Å². The van der Waals surface area contributed by atoms with Gasteiger partial charge < -0.3 is 5.32 Å². The highest BCUT2D eigenvalue weighted by molar-refractivity contribution is 7.09. The Kier molecular flexibility index (Phi) is 5.24. The number of rotatable bonds is 6. The van der Waals surface area contributed by atoms with Gasteiger partial charge in [0.15, 0.2) is 0 Å². The second-order valence-electron chi connectivity index (χ2n) is 4.58. The molecule has 0 aliphatic carbocycles. The first kappa shape index (κ1) is 14.7. The van der Waals surface area contributed by atoms with Gasteiger partial charge in [-0.25, -0.2) is 9.37 Å². The molecule has 106 valence electrons. The van der Waals surface area contributed by atoms with Crippen molar-refractivity contribution in [3.8, 4) is 0 Å². The standard InChI is InChI=1S/C15H17FN2OS/c1-11-18-14(10-20-11)8-9-17-15(19)7-4-12-2-5-13(16)6-3-12/h2-3,5-6,10H,4,7-9H2,1H3,(H,17,19). The van der Waals surface area contributed by atoms with Gasteiger partial charge in [0.05, 0.1) is 10.7 Å². The van der Waals surface area contributed by atoms with Gasteiger partial charge in [-0.05, 0) is 31.0 Å². The molecule has 0 unspecified atom stereocenters. The summed E-state index contributed by atoms with van der Waals surface area (Å²) in [6.45, 7) is 2.57. The van der Waals surface area contributed by atoms with Crippen molar-refractivity contribution < 1.29 is 9.18 Å². The fourth-order valence-electron chi connectivity index (χ4n) is 1.85. The van der Waals surface area contributed by atoms with Crippen LogP contribution in [0.4, 0.5) is 4.39 Å². The Labute approximate surface area is 121 Å². The van der Waals surface area contributed by atoms with E-state index in [2.05, 4.69) is 10.3 Å². The van der Waals surface area contributed by atoms with Crippen LogP contribution in [0.5, 0.6) is 0 Å². The van der Waals surface area contributed by atoms with Gasteiger partial charge in [0, 0.05) is 24.8 Å². The molecule has 0 aliphatic rings. The Morgan fingerprint density at radius 1 is 1.30 bits per heavy atom. The molecular formula is C15H17FN2OS. The quantitative estimate of drug-likeness (QED) is 0.889. The Morgan fingerprint density at radius 2 is 2.05 bits per heavy atom. The topological polar surface area (TPSA) is 42.0 Å². The van der Waals surface area contributed by atoms with E-state index in [-0.39, 0.29) is 11.7 Å². The maximum Gasteiger partial charge on any atom is 0.220 e. The second kappa shape index (κ2) is 7.14. The van der Waals surface area contributed by atoms with Crippen molar-refractivity contribution in [2.75, 3.05) is 6.54 Å². The number of carbonyl (C=O) groups is 1. The van der Waals surface area contributed by atoms with Crippen LogP contribution in [0.25, 0.3) is 0 Å². The van der Waals surface area contributed by atoms with E-state index in [4.69, 9.17) is 0 Å². The molecule has 20 heavy (non-hydrogen) atoms. The van der Waals surface area contributed by atoms with Gasteiger partial charge in [-0.2, -0.15) is 0 Å². The molecule has 0 spiro atoms. The zero-order valence-corrected chi connectivity index (χ0v) is 12.2. The summed E-state index contributed by atoms with van der Waals surface area (Å²) in [5.41, 5.74) is 1.99. The van der Waals surface area contributed by atoms with Crippen molar-refractivity contribution in [3.05, 3.63) is 51.7 Å². The van der Waals surface area contributed by atoms with Gasteiger partial charge in [-0.15, -0.1) is 11.3 Å². The molecule has 0 bridgehead atoms. The minimum atomic E-state index is -0.253. The normalized spacial score (nSPS) is 10.5. The number of thiazole rings is 1. The number of hydrogen-bond donors (Lipinski definition) is 1.